The van der Waals surface area contributed by atoms with Crippen molar-refractivity contribution in [3.05, 3.63) is 24.9 Å². The van der Waals surface area contributed by atoms with E-state index < -0.39 is 15.6 Å². The zero-order valence-electron chi connectivity index (χ0n) is 14.0. The van der Waals surface area contributed by atoms with Gasteiger partial charge in [0.2, 0.25) is 10.0 Å². The molecular weight excluding hydrogens is 356 g/mol. The number of rotatable bonds is 5. The minimum atomic E-state index is -3.28. The largest absolute Gasteiger partial charge is 0.262 e. The molecule has 0 unspecified atom stereocenters. The molecule has 1 aliphatic heterocycles. The van der Waals surface area contributed by atoms with Crippen LogP contribution in [-0.2, 0) is 15.6 Å². The maximum absolute atomic E-state index is 12.0. The van der Waals surface area contributed by atoms with Crippen molar-refractivity contribution >= 4 is 21.1 Å². The molecule has 0 atom stereocenters. The van der Waals surface area contributed by atoms with Crippen LogP contribution in [-0.4, -0.2) is 61.5 Å². The lowest BCUT2D eigenvalue weighted by atomic mass is 9.89. The van der Waals surface area contributed by atoms with Crippen molar-refractivity contribution in [1.29, 1.82) is 5.26 Å². The average molecular weight is 372 g/mol. The molecule has 0 saturated carbocycles. The topological polar surface area (TPSA) is 133 Å². The molecule has 0 aliphatic carbocycles. The zero-order valence-corrected chi connectivity index (χ0v) is 14.8. The lowest BCUT2D eigenvalue weighted by Gasteiger charge is -2.47. The fraction of sp³-hybridized carbons (Fsp3) is 0.400. The second-order valence-corrected chi connectivity index (χ2v) is 8.51. The fourth-order valence-electron chi connectivity index (χ4n) is 3.17. The number of nitrogens with one attached hydrogen (secondary N) is 1. The summed E-state index contributed by atoms with van der Waals surface area (Å²) in [5.41, 5.74) is 1.41. The summed E-state index contributed by atoms with van der Waals surface area (Å²) >= 11 is 0. The van der Waals surface area contributed by atoms with E-state index in [0.29, 0.717) is 11.3 Å². The Morgan fingerprint density at radius 3 is 2.88 bits per heavy atom. The molecule has 11 heteroatoms. The van der Waals surface area contributed by atoms with Crippen molar-refractivity contribution in [3.63, 3.8) is 0 Å². The van der Waals surface area contributed by atoms with Crippen molar-refractivity contribution in [2.45, 2.75) is 18.9 Å². The van der Waals surface area contributed by atoms with Gasteiger partial charge in [0, 0.05) is 24.8 Å². The Hall–Kier alpha value is -2.84. The smallest absolute Gasteiger partial charge is 0.213 e. The second kappa shape index (κ2) is 5.86. The van der Waals surface area contributed by atoms with Crippen LogP contribution in [0.1, 0.15) is 13.3 Å². The van der Waals surface area contributed by atoms with E-state index in [9.17, 15) is 13.7 Å². The molecule has 3 aromatic rings. The van der Waals surface area contributed by atoms with Crippen molar-refractivity contribution < 1.29 is 8.42 Å². The Bertz CT molecular complexity index is 1100. The SMILES string of the molecule is CCS(=O)(=O)N1CC(CC#N)(n2cc(-c3ncnc4[nH]ncc34)cn2)C1. The molecule has 0 amide bonds. The number of H-pyrrole nitrogens is 1. The van der Waals surface area contributed by atoms with Crippen molar-refractivity contribution in [2.75, 3.05) is 18.8 Å². The van der Waals surface area contributed by atoms with E-state index in [4.69, 9.17) is 0 Å². The van der Waals surface area contributed by atoms with Crippen molar-refractivity contribution in [2.24, 2.45) is 0 Å². The highest BCUT2D eigenvalue weighted by Crippen LogP contribution is 2.35. The normalized spacial score (nSPS) is 17.1. The van der Waals surface area contributed by atoms with Gasteiger partial charge in [-0.1, -0.05) is 0 Å². The number of fused-ring (bicyclic) bond motifs is 1. The van der Waals surface area contributed by atoms with Gasteiger partial charge in [0.25, 0.3) is 0 Å². The highest BCUT2D eigenvalue weighted by atomic mass is 32.2. The van der Waals surface area contributed by atoms with E-state index in [1.807, 2.05) is 0 Å². The Labute approximate surface area is 149 Å². The first kappa shape index (κ1) is 16.6. The molecule has 4 rings (SSSR count). The Balaban J connectivity index is 1.69. The van der Waals surface area contributed by atoms with Crippen LogP contribution in [0.3, 0.4) is 0 Å². The number of aromatic amines is 1. The lowest BCUT2D eigenvalue weighted by molar-refractivity contribution is 0.0719. The maximum atomic E-state index is 12.0. The highest BCUT2D eigenvalue weighted by molar-refractivity contribution is 7.89. The molecule has 1 N–H and O–H groups in total. The van der Waals surface area contributed by atoms with Gasteiger partial charge in [-0.15, -0.1) is 0 Å². The molecular formula is C15H16N8O2S. The van der Waals surface area contributed by atoms with Gasteiger partial charge in [-0.05, 0) is 6.92 Å². The Kier molecular flexibility index (Phi) is 3.74. The quantitative estimate of drug-likeness (QED) is 0.689. The third kappa shape index (κ3) is 2.46. The fourth-order valence-corrected chi connectivity index (χ4v) is 4.41. The number of nitriles is 1. The van der Waals surface area contributed by atoms with E-state index in [1.165, 1.54) is 10.6 Å². The van der Waals surface area contributed by atoms with Crippen LogP contribution >= 0.6 is 0 Å². The highest BCUT2D eigenvalue weighted by Gasteiger charge is 2.49. The van der Waals surface area contributed by atoms with Crippen LogP contribution < -0.4 is 0 Å². The van der Waals surface area contributed by atoms with Crippen molar-refractivity contribution in [3.8, 4) is 17.3 Å². The summed E-state index contributed by atoms with van der Waals surface area (Å²) in [7, 11) is -3.28. The van der Waals surface area contributed by atoms with Crippen LogP contribution in [0, 0.1) is 11.3 Å². The molecule has 1 saturated heterocycles. The maximum Gasteiger partial charge on any atom is 0.213 e. The van der Waals surface area contributed by atoms with Gasteiger partial charge in [0.15, 0.2) is 5.65 Å². The summed E-state index contributed by atoms with van der Waals surface area (Å²) in [5.74, 6) is 0.0411. The average Bonchev–Trinajstić information content (AvgIpc) is 3.26. The van der Waals surface area contributed by atoms with E-state index >= 15 is 0 Å². The van der Waals surface area contributed by atoms with Crippen LogP contribution in [0.2, 0.25) is 0 Å². The summed E-state index contributed by atoms with van der Waals surface area (Å²) in [4.78, 5) is 8.42. The third-order valence-corrected chi connectivity index (χ3v) is 6.47. The second-order valence-electron chi connectivity index (χ2n) is 6.26. The Morgan fingerprint density at radius 2 is 2.15 bits per heavy atom. The van der Waals surface area contributed by atoms with Gasteiger partial charge in [-0.3, -0.25) is 9.78 Å². The first-order valence-corrected chi connectivity index (χ1v) is 9.64. The van der Waals surface area contributed by atoms with Gasteiger partial charge in [-0.25, -0.2) is 18.4 Å². The summed E-state index contributed by atoms with van der Waals surface area (Å²) in [5, 5.41) is 21.1. The van der Waals surface area contributed by atoms with Crippen LogP contribution in [0.15, 0.2) is 24.9 Å². The number of hydrogen-bond donors (Lipinski definition) is 1. The molecule has 1 aliphatic rings. The number of aromatic nitrogens is 6. The summed E-state index contributed by atoms with van der Waals surface area (Å²) in [6, 6.07) is 2.15. The molecule has 0 bridgehead atoms. The van der Waals surface area contributed by atoms with Gasteiger partial charge in [0.1, 0.15) is 11.9 Å². The molecule has 0 spiro atoms. The lowest BCUT2D eigenvalue weighted by Crippen LogP contribution is -2.64. The number of nitrogens with zero attached hydrogens (tertiary/aromatic N) is 7. The molecule has 4 heterocycles. The molecule has 134 valence electrons. The molecule has 1 fully saturated rings. The first-order valence-electron chi connectivity index (χ1n) is 8.03. The van der Waals surface area contributed by atoms with E-state index in [-0.39, 0.29) is 25.3 Å². The molecule has 10 nitrogen and oxygen atoms in total. The minimum Gasteiger partial charge on any atom is -0.262 e. The monoisotopic (exact) mass is 372 g/mol. The Morgan fingerprint density at radius 1 is 1.35 bits per heavy atom. The first-order chi connectivity index (χ1) is 12.5. The number of sulfonamides is 1. The predicted octanol–water partition coefficient (Wildman–Crippen LogP) is 0.491. The standard InChI is InChI=1S/C15H16N8O2S/c1-2-26(24,25)22-8-15(9-22,3-4-16)23-7-11(5-20-23)13-12-6-19-21-14(12)18-10-17-13/h5-7,10H,2-3,8-9H2,1H3,(H,17,18,19,21). The predicted molar refractivity (Wildman–Crippen MR) is 92.1 cm³/mol. The van der Waals surface area contributed by atoms with Gasteiger partial charge >= 0.3 is 0 Å². The third-order valence-electron chi connectivity index (χ3n) is 4.70. The van der Waals surface area contributed by atoms with E-state index in [1.54, 1.807) is 30.2 Å². The molecule has 0 aromatic carbocycles. The van der Waals surface area contributed by atoms with Crippen LogP contribution in [0.5, 0.6) is 0 Å². The van der Waals surface area contributed by atoms with E-state index in [2.05, 4.69) is 31.3 Å². The summed E-state index contributed by atoms with van der Waals surface area (Å²) in [6.07, 6.45) is 6.71. The minimum absolute atomic E-state index is 0.0411. The van der Waals surface area contributed by atoms with E-state index in [0.717, 1.165) is 10.9 Å². The summed E-state index contributed by atoms with van der Waals surface area (Å²) < 4.78 is 27.1. The zero-order chi connectivity index (χ0) is 18.4. The van der Waals surface area contributed by atoms with Gasteiger partial charge in [0.05, 0.1) is 41.7 Å². The van der Waals surface area contributed by atoms with Crippen LogP contribution in [0.4, 0.5) is 0 Å². The van der Waals surface area contributed by atoms with Gasteiger partial charge < -0.3 is 0 Å². The molecule has 26 heavy (non-hydrogen) atoms. The molecule has 0 radical (unpaired) electrons. The van der Waals surface area contributed by atoms with Crippen LogP contribution in [0.25, 0.3) is 22.3 Å². The van der Waals surface area contributed by atoms with Gasteiger partial charge in [-0.2, -0.15) is 19.8 Å². The number of hydrogen-bond acceptors (Lipinski definition) is 7. The summed E-state index contributed by atoms with van der Waals surface area (Å²) in [6.45, 7) is 2.09. The molecule has 3 aromatic heterocycles. The van der Waals surface area contributed by atoms with Crippen molar-refractivity contribution in [1.82, 2.24) is 34.3 Å².